The Kier molecular flexibility index (Phi) is 10.2. The van der Waals surface area contributed by atoms with Gasteiger partial charge in [0, 0.05) is 3.92 Å². The Hall–Kier alpha value is 0.520. The fourth-order valence-electron chi connectivity index (χ4n) is 8.31. The van der Waals surface area contributed by atoms with E-state index in [1.165, 1.54) is 44.9 Å². The van der Waals surface area contributed by atoms with Crippen molar-refractivity contribution in [2.24, 2.45) is 41.4 Å². The van der Waals surface area contributed by atoms with Crippen LogP contribution in [0.4, 0.5) is 13.2 Å². The van der Waals surface area contributed by atoms with E-state index in [-0.39, 0.29) is 17.8 Å². The predicted octanol–water partition coefficient (Wildman–Crippen LogP) is 9.82. The lowest BCUT2D eigenvalue weighted by Gasteiger charge is -2.42. The van der Waals surface area contributed by atoms with Crippen LogP contribution in [0, 0.1) is 41.4 Å². The first-order valence-electron chi connectivity index (χ1n) is 14.5. The topological polar surface area (TPSA) is 0 Å². The van der Waals surface area contributed by atoms with Crippen molar-refractivity contribution in [3.8, 4) is 0 Å². The molecule has 0 aromatic rings. The zero-order valence-electron chi connectivity index (χ0n) is 20.9. The second kappa shape index (κ2) is 12.7. The summed E-state index contributed by atoms with van der Waals surface area (Å²) in [6.45, 7) is 2.25. The van der Waals surface area contributed by atoms with E-state index in [4.69, 9.17) is 0 Å². The molecule has 0 amide bonds. The van der Waals surface area contributed by atoms with Crippen LogP contribution in [0.15, 0.2) is 0 Å². The fourth-order valence-corrected chi connectivity index (χ4v) is 9.16. The summed E-state index contributed by atoms with van der Waals surface area (Å²) in [5.41, 5.74) is 0. The fraction of sp³-hybridized carbons (Fsp3) is 1.00. The van der Waals surface area contributed by atoms with Crippen molar-refractivity contribution in [2.75, 3.05) is 0 Å². The molecule has 4 heteroatoms. The second-order valence-electron chi connectivity index (χ2n) is 12.4. The smallest absolute Gasteiger partial charge is 0.134 e. The Labute approximate surface area is 215 Å². The van der Waals surface area contributed by atoms with Crippen LogP contribution < -0.4 is 0 Å². The van der Waals surface area contributed by atoms with Crippen LogP contribution in [-0.4, -0.2) is 22.4 Å². The first-order valence-corrected chi connectivity index (χ1v) is 15.8. The van der Waals surface area contributed by atoms with Crippen molar-refractivity contribution >= 4 is 22.6 Å². The molecule has 192 valence electrons. The van der Waals surface area contributed by atoms with Gasteiger partial charge in [-0.1, -0.05) is 74.5 Å². The van der Waals surface area contributed by atoms with Gasteiger partial charge in [-0.25, -0.2) is 13.2 Å². The van der Waals surface area contributed by atoms with Crippen LogP contribution in [-0.2, 0) is 0 Å². The van der Waals surface area contributed by atoms with Crippen LogP contribution >= 0.6 is 22.6 Å². The van der Waals surface area contributed by atoms with E-state index >= 15 is 8.78 Å². The SMILES string of the molecule is CCCC1CCC(C2CCC(CCC3CCC(C4CCC(I)CC4F)CC3)C(F)C2F)CC1. The average molecular weight is 581 g/mol. The monoisotopic (exact) mass is 580 g/mol. The quantitative estimate of drug-likeness (QED) is 0.208. The van der Waals surface area contributed by atoms with Crippen molar-refractivity contribution in [3.63, 3.8) is 0 Å². The Morgan fingerprint density at radius 2 is 1.18 bits per heavy atom. The molecular weight excluding hydrogens is 532 g/mol. The summed E-state index contributed by atoms with van der Waals surface area (Å²) in [6, 6.07) is 0. The minimum absolute atomic E-state index is 0.0273. The molecule has 7 unspecified atom stereocenters. The molecule has 0 nitrogen and oxygen atoms in total. The van der Waals surface area contributed by atoms with Crippen molar-refractivity contribution in [1.82, 2.24) is 0 Å². The molecule has 0 N–H and O–H groups in total. The van der Waals surface area contributed by atoms with Crippen molar-refractivity contribution in [3.05, 3.63) is 0 Å². The van der Waals surface area contributed by atoms with Gasteiger partial charge in [-0.2, -0.15) is 0 Å². The molecular formula is C29H48F3I. The molecule has 0 heterocycles. The van der Waals surface area contributed by atoms with Gasteiger partial charge in [-0.15, -0.1) is 0 Å². The standard InChI is InChI=1S/C29H48F3I/c1-2-3-19-4-11-22(12-5-19)26-16-14-23(28(31)29(26)32)13-8-20-6-9-21(10-7-20)25-17-15-24(33)18-27(25)30/h19-29H,2-18H2,1H3. The predicted molar refractivity (Wildman–Crippen MR) is 141 cm³/mol. The molecule has 0 saturated heterocycles. The van der Waals surface area contributed by atoms with E-state index in [0.717, 1.165) is 70.1 Å². The molecule has 4 aliphatic rings. The minimum atomic E-state index is -1.25. The Balaban J connectivity index is 1.17. The lowest BCUT2D eigenvalue weighted by molar-refractivity contribution is -0.0164. The summed E-state index contributed by atoms with van der Waals surface area (Å²) in [7, 11) is 0. The molecule has 0 aromatic carbocycles. The van der Waals surface area contributed by atoms with Gasteiger partial charge in [0.25, 0.3) is 0 Å². The molecule has 0 radical (unpaired) electrons. The third-order valence-corrected chi connectivity index (χ3v) is 11.6. The highest BCUT2D eigenvalue weighted by atomic mass is 127. The lowest BCUT2D eigenvalue weighted by Crippen LogP contribution is -2.42. The maximum atomic E-state index is 15.2. The molecule has 4 aliphatic carbocycles. The van der Waals surface area contributed by atoms with Crippen molar-refractivity contribution < 1.29 is 13.2 Å². The van der Waals surface area contributed by atoms with E-state index in [1.54, 1.807) is 0 Å². The average Bonchev–Trinajstić information content (AvgIpc) is 2.81. The largest absolute Gasteiger partial charge is 0.247 e. The summed E-state index contributed by atoms with van der Waals surface area (Å²) in [5, 5.41) is 0. The van der Waals surface area contributed by atoms with E-state index in [1.807, 2.05) is 0 Å². The Bertz CT molecular complexity index is 569. The minimum Gasteiger partial charge on any atom is -0.247 e. The summed E-state index contributed by atoms with van der Waals surface area (Å²) in [4.78, 5) is 0. The highest BCUT2D eigenvalue weighted by Crippen LogP contribution is 2.47. The second-order valence-corrected chi connectivity index (χ2v) is 14.2. The van der Waals surface area contributed by atoms with Crippen molar-refractivity contribution in [2.45, 2.75) is 139 Å². The molecule has 4 saturated carbocycles. The third kappa shape index (κ3) is 6.85. The van der Waals surface area contributed by atoms with Crippen LogP contribution in [0.25, 0.3) is 0 Å². The number of halogens is 4. The molecule has 0 aromatic heterocycles. The first kappa shape index (κ1) is 26.6. The van der Waals surface area contributed by atoms with Gasteiger partial charge in [0.05, 0.1) is 0 Å². The summed E-state index contributed by atoms with van der Waals surface area (Å²) >= 11 is 2.41. The molecule has 0 bridgehead atoms. The maximum Gasteiger partial charge on any atom is 0.134 e. The maximum absolute atomic E-state index is 15.2. The Morgan fingerprint density at radius 1 is 0.606 bits per heavy atom. The third-order valence-electron chi connectivity index (χ3n) is 10.4. The number of alkyl halides is 4. The summed E-state index contributed by atoms with van der Waals surface area (Å²) < 4.78 is 45.5. The number of hydrogen-bond acceptors (Lipinski definition) is 0. The Morgan fingerprint density at radius 3 is 1.79 bits per heavy atom. The van der Waals surface area contributed by atoms with E-state index in [9.17, 15) is 4.39 Å². The number of hydrogen-bond donors (Lipinski definition) is 0. The van der Waals surface area contributed by atoms with Gasteiger partial charge in [0.15, 0.2) is 0 Å². The van der Waals surface area contributed by atoms with Gasteiger partial charge in [0.1, 0.15) is 18.5 Å². The van der Waals surface area contributed by atoms with Gasteiger partial charge >= 0.3 is 0 Å². The van der Waals surface area contributed by atoms with Gasteiger partial charge < -0.3 is 0 Å². The molecule has 33 heavy (non-hydrogen) atoms. The van der Waals surface area contributed by atoms with E-state index in [2.05, 4.69) is 29.5 Å². The molecule has 0 aliphatic heterocycles. The highest BCUT2D eigenvalue weighted by molar-refractivity contribution is 14.1. The summed E-state index contributed by atoms with van der Waals surface area (Å²) in [5.74, 6) is 2.65. The van der Waals surface area contributed by atoms with Gasteiger partial charge in [-0.3, -0.25) is 0 Å². The molecule has 4 fully saturated rings. The van der Waals surface area contributed by atoms with Crippen LogP contribution in [0.1, 0.15) is 116 Å². The zero-order valence-corrected chi connectivity index (χ0v) is 23.0. The van der Waals surface area contributed by atoms with Crippen LogP contribution in [0.3, 0.4) is 0 Å². The van der Waals surface area contributed by atoms with Crippen molar-refractivity contribution in [1.29, 1.82) is 0 Å². The first-order chi connectivity index (χ1) is 16.0. The highest BCUT2D eigenvalue weighted by Gasteiger charge is 2.44. The molecule has 4 rings (SSSR count). The molecule has 7 atom stereocenters. The van der Waals surface area contributed by atoms with Gasteiger partial charge in [-0.05, 0) is 106 Å². The summed E-state index contributed by atoms with van der Waals surface area (Å²) in [6.07, 6.45) is 15.5. The van der Waals surface area contributed by atoms with Crippen LogP contribution in [0.5, 0.6) is 0 Å². The van der Waals surface area contributed by atoms with E-state index < -0.39 is 18.5 Å². The number of rotatable bonds is 7. The van der Waals surface area contributed by atoms with Gasteiger partial charge in [0.2, 0.25) is 0 Å². The zero-order chi connectivity index (χ0) is 23.4. The normalized spacial score (nSPS) is 47.4. The lowest BCUT2D eigenvalue weighted by atomic mass is 9.66. The molecule has 0 spiro atoms. The van der Waals surface area contributed by atoms with E-state index in [0.29, 0.717) is 21.7 Å². The van der Waals surface area contributed by atoms with Crippen LogP contribution in [0.2, 0.25) is 0 Å².